The second-order valence-corrected chi connectivity index (χ2v) is 9.79. The topological polar surface area (TPSA) is 84.9 Å². The normalized spacial score (nSPS) is 16.3. The Hall–Kier alpha value is -3.52. The third-order valence-corrected chi connectivity index (χ3v) is 7.38. The van der Waals surface area contributed by atoms with E-state index in [4.69, 9.17) is 9.47 Å². The molecule has 7 nitrogen and oxygen atoms in total. The lowest BCUT2D eigenvalue weighted by molar-refractivity contribution is -0.128. The van der Waals surface area contributed by atoms with Gasteiger partial charge in [0.05, 0.1) is 30.3 Å². The van der Waals surface area contributed by atoms with Crippen molar-refractivity contribution in [3.8, 4) is 11.5 Å². The summed E-state index contributed by atoms with van der Waals surface area (Å²) in [6, 6.07) is 20.7. The zero-order valence-corrected chi connectivity index (χ0v) is 19.5. The molecule has 0 spiro atoms. The van der Waals surface area contributed by atoms with Gasteiger partial charge < -0.3 is 14.8 Å². The van der Waals surface area contributed by atoms with Crippen molar-refractivity contribution in [1.82, 2.24) is 5.32 Å². The predicted molar refractivity (Wildman–Crippen MR) is 126 cm³/mol. The van der Waals surface area contributed by atoms with E-state index < -0.39 is 16.1 Å². The zero-order chi connectivity index (χ0) is 23.6. The molecular formula is C25H26N2O5S. The number of nitrogens with zero attached hydrogens (tertiary/aromatic N) is 1. The van der Waals surface area contributed by atoms with Gasteiger partial charge in [-0.05, 0) is 61.4 Å². The number of hydrogen-bond donors (Lipinski definition) is 1. The maximum Gasteiger partial charge on any atom is 0.264 e. The summed E-state index contributed by atoms with van der Waals surface area (Å²) in [5.41, 5.74) is 2.24. The molecule has 172 valence electrons. The minimum absolute atomic E-state index is 0.105. The molecule has 1 aliphatic rings. The molecule has 1 aliphatic heterocycles. The highest BCUT2D eigenvalue weighted by molar-refractivity contribution is 7.92. The monoisotopic (exact) mass is 466 g/mol. The predicted octanol–water partition coefficient (Wildman–Crippen LogP) is 3.84. The van der Waals surface area contributed by atoms with E-state index in [-0.39, 0.29) is 23.4 Å². The molecule has 3 aromatic carbocycles. The first-order chi connectivity index (χ1) is 15.8. The van der Waals surface area contributed by atoms with E-state index in [9.17, 15) is 13.2 Å². The number of carbonyl (C=O) groups is 1. The Morgan fingerprint density at radius 1 is 1.09 bits per heavy atom. The van der Waals surface area contributed by atoms with Crippen molar-refractivity contribution < 1.29 is 22.7 Å². The summed E-state index contributed by atoms with van der Waals surface area (Å²) in [7, 11) is -2.42. The summed E-state index contributed by atoms with van der Waals surface area (Å²) in [4.78, 5) is 13.2. The number of benzene rings is 3. The van der Waals surface area contributed by atoms with Crippen molar-refractivity contribution in [3.63, 3.8) is 0 Å². The van der Waals surface area contributed by atoms with Crippen LogP contribution in [0.5, 0.6) is 11.5 Å². The number of nitrogens with one attached hydrogen (secondary N) is 1. The molecule has 0 saturated carbocycles. The Morgan fingerprint density at radius 3 is 2.45 bits per heavy atom. The summed E-state index contributed by atoms with van der Waals surface area (Å²) < 4.78 is 39.4. The number of ether oxygens (including phenoxy) is 2. The highest BCUT2D eigenvalue weighted by Gasteiger charge is 2.38. The van der Waals surface area contributed by atoms with E-state index in [0.29, 0.717) is 17.2 Å². The Kier molecular flexibility index (Phi) is 6.29. The maximum atomic E-state index is 13.5. The highest BCUT2D eigenvalue weighted by atomic mass is 32.2. The van der Waals surface area contributed by atoms with E-state index in [1.807, 2.05) is 50.2 Å². The van der Waals surface area contributed by atoms with Crippen molar-refractivity contribution in [2.45, 2.75) is 30.9 Å². The molecule has 1 amide bonds. The Bertz CT molecular complexity index is 1240. The van der Waals surface area contributed by atoms with E-state index in [1.54, 1.807) is 24.3 Å². The lowest BCUT2D eigenvalue weighted by Gasteiger charge is -2.35. The van der Waals surface area contributed by atoms with E-state index in [0.717, 1.165) is 11.1 Å². The first-order valence-corrected chi connectivity index (χ1v) is 12.0. The fourth-order valence-electron chi connectivity index (χ4n) is 3.73. The number of rotatable bonds is 6. The zero-order valence-electron chi connectivity index (χ0n) is 18.7. The van der Waals surface area contributed by atoms with Gasteiger partial charge in [0.25, 0.3) is 15.9 Å². The molecule has 1 heterocycles. The van der Waals surface area contributed by atoms with Gasteiger partial charge in [0.15, 0.2) is 6.10 Å². The largest absolute Gasteiger partial charge is 0.497 e. The van der Waals surface area contributed by atoms with Crippen LogP contribution >= 0.6 is 0 Å². The lowest BCUT2D eigenvalue weighted by atomic mass is 10.1. The molecule has 0 unspecified atom stereocenters. The Morgan fingerprint density at radius 2 is 1.79 bits per heavy atom. The molecule has 33 heavy (non-hydrogen) atoms. The highest BCUT2D eigenvalue weighted by Crippen LogP contribution is 2.38. The molecule has 0 saturated heterocycles. The second-order valence-electron chi connectivity index (χ2n) is 7.93. The average molecular weight is 467 g/mol. The number of hydrogen-bond acceptors (Lipinski definition) is 5. The molecule has 0 radical (unpaired) electrons. The maximum absolute atomic E-state index is 13.5. The lowest BCUT2D eigenvalue weighted by Crippen LogP contribution is -2.51. The quantitative estimate of drug-likeness (QED) is 0.597. The van der Waals surface area contributed by atoms with E-state index in [2.05, 4.69) is 5.32 Å². The molecule has 0 aliphatic carbocycles. The Balaban J connectivity index is 1.65. The van der Waals surface area contributed by atoms with E-state index in [1.165, 1.54) is 23.5 Å². The first-order valence-electron chi connectivity index (χ1n) is 10.6. The summed E-state index contributed by atoms with van der Waals surface area (Å²) in [6.45, 7) is 3.62. The third-order valence-electron chi connectivity index (χ3n) is 5.58. The van der Waals surface area contributed by atoms with Crippen LogP contribution in [0.25, 0.3) is 0 Å². The number of carbonyl (C=O) groups excluding carboxylic acids is 1. The van der Waals surface area contributed by atoms with Crippen molar-refractivity contribution >= 4 is 21.6 Å². The van der Waals surface area contributed by atoms with Crippen molar-refractivity contribution in [2.75, 3.05) is 18.0 Å². The molecule has 8 heteroatoms. The number of sulfonamides is 1. The van der Waals surface area contributed by atoms with Crippen LogP contribution in [-0.2, 0) is 14.8 Å². The minimum Gasteiger partial charge on any atom is -0.497 e. The van der Waals surface area contributed by atoms with Gasteiger partial charge in [0, 0.05) is 0 Å². The van der Waals surface area contributed by atoms with Crippen molar-refractivity contribution in [2.24, 2.45) is 0 Å². The summed E-state index contributed by atoms with van der Waals surface area (Å²) >= 11 is 0. The SMILES string of the molecule is COc1ccc(S(=O)(=O)N2C[C@@H](C(=O)N[C@@H](C)c3ccccc3)Oc3cc(C)ccc32)cc1. The van der Waals surface area contributed by atoms with Gasteiger partial charge in [0.1, 0.15) is 11.5 Å². The average Bonchev–Trinajstić information content (AvgIpc) is 2.83. The number of anilines is 1. The molecule has 0 fully saturated rings. The van der Waals surface area contributed by atoms with Gasteiger partial charge in [-0.3, -0.25) is 9.10 Å². The second kappa shape index (κ2) is 9.15. The standard InChI is InChI=1S/C25H26N2O5S/c1-17-9-14-22-23(15-17)32-24(25(28)26-18(2)19-7-5-4-6-8-19)16-27(22)33(29,30)21-12-10-20(31-3)11-13-21/h4-15,18,24H,16H2,1-3H3,(H,26,28)/t18-,24-/m0/s1. The van der Waals surface area contributed by atoms with Gasteiger partial charge in [-0.25, -0.2) is 8.42 Å². The van der Waals surface area contributed by atoms with Crippen LogP contribution in [0.15, 0.2) is 77.7 Å². The number of methoxy groups -OCH3 is 1. The summed E-state index contributed by atoms with van der Waals surface area (Å²) in [6.07, 6.45) is -1.00. The van der Waals surface area contributed by atoms with Gasteiger partial charge in [-0.15, -0.1) is 0 Å². The van der Waals surface area contributed by atoms with Crippen molar-refractivity contribution in [1.29, 1.82) is 0 Å². The van der Waals surface area contributed by atoms with Crippen LogP contribution in [-0.4, -0.2) is 34.1 Å². The van der Waals surface area contributed by atoms with Gasteiger partial charge in [-0.1, -0.05) is 36.4 Å². The summed E-state index contributed by atoms with van der Waals surface area (Å²) in [5, 5.41) is 2.94. The van der Waals surface area contributed by atoms with Crippen LogP contribution in [0.2, 0.25) is 0 Å². The van der Waals surface area contributed by atoms with Gasteiger partial charge in [-0.2, -0.15) is 0 Å². The fraction of sp³-hybridized carbons (Fsp3) is 0.240. The molecular weight excluding hydrogens is 440 g/mol. The molecule has 2 atom stereocenters. The summed E-state index contributed by atoms with van der Waals surface area (Å²) in [5.74, 6) is 0.526. The fourth-order valence-corrected chi connectivity index (χ4v) is 5.21. The van der Waals surface area contributed by atoms with Crippen LogP contribution in [0, 0.1) is 6.92 Å². The van der Waals surface area contributed by atoms with Crippen LogP contribution in [0.1, 0.15) is 24.1 Å². The third kappa shape index (κ3) is 4.66. The molecule has 4 rings (SSSR count). The molecule has 0 bridgehead atoms. The van der Waals surface area contributed by atoms with Crippen LogP contribution in [0.4, 0.5) is 5.69 Å². The molecule has 3 aromatic rings. The van der Waals surface area contributed by atoms with Gasteiger partial charge >= 0.3 is 0 Å². The van der Waals surface area contributed by atoms with Crippen molar-refractivity contribution in [3.05, 3.63) is 83.9 Å². The first kappa shape index (κ1) is 22.7. The van der Waals surface area contributed by atoms with Crippen LogP contribution < -0.4 is 19.1 Å². The number of amides is 1. The molecule has 1 N–H and O–H groups in total. The number of fused-ring (bicyclic) bond motifs is 1. The number of aryl methyl sites for hydroxylation is 1. The minimum atomic E-state index is -3.94. The van der Waals surface area contributed by atoms with Crippen LogP contribution in [0.3, 0.4) is 0 Å². The Labute approximate surface area is 194 Å². The smallest absolute Gasteiger partial charge is 0.264 e. The van der Waals surface area contributed by atoms with Gasteiger partial charge in [0.2, 0.25) is 0 Å². The molecule has 0 aromatic heterocycles. The van der Waals surface area contributed by atoms with E-state index >= 15 is 0 Å².